The Labute approximate surface area is 159 Å². The molecule has 0 aromatic heterocycles. The molecular weight excluding hydrogens is 338 g/mol. The molecule has 1 fully saturated rings. The Morgan fingerprint density at radius 2 is 1.70 bits per heavy atom. The number of hydrogen-bond donors (Lipinski definition) is 1. The quantitative estimate of drug-likeness (QED) is 0.887. The minimum Gasteiger partial charge on any atom is -0.343 e. The second-order valence-electron chi connectivity index (χ2n) is 6.79. The lowest BCUT2D eigenvalue weighted by Crippen LogP contribution is -2.41. The predicted molar refractivity (Wildman–Crippen MR) is 104 cm³/mol. The van der Waals surface area contributed by atoms with Crippen LogP contribution in [0.2, 0.25) is 0 Å². The molecule has 0 aliphatic carbocycles. The smallest absolute Gasteiger partial charge is 0.227 e. The number of nitrogens with one attached hydrogen (secondary N) is 1. The van der Waals surface area contributed by atoms with E-state index < -0.39 is 0 Å². The first-order valence-electron chi connectivity index (χ1n) is 9.29. The van der Waals surface area contributed by atoms with E-state index in [1.807, 2.05) is 35.2 Å². The van der Waals surface area contributed by atoms with Crippen molar-refractivity contribution in [1.82, 2.24) is 4.90 Å². The van der Waals surface area contributed by atoms with E-state index in [1.54, 1.807) is 24.3 Å². The summed E-state index contributed by atoms with van der Waals surface area (Å²) < 4.78 is 0. The van der Waals surface area contributed by atoms with Crippen molar-refractivity contribution in [1.29, 1.82) is 5.26 Å². The van der Waals surface area contributed by atoms with Crippen LogP contribution >= 0.6 is 0 Å². The van der Waals surface area contributed by atoms with Gasteiger partial charge in [0.25, 0.3) is 0 Å². The van der Waals surface area contributed by atoms with Crippen molar-refractivity contribution in [3.8, 4) is 6.07 Å². The molecule has 0 unspecified atom stereocenters. The molecule has 5 heteroatoms. The molecule has 0 atom stereocenters. The lowest BCUT2D eigenvalue weighted by atomic mass is 9.95. The molecule has 1 N–H and O–H groups in total. The molecule has 5 nitrogen and oxygen atoms in total. The third-order valence-electron chi connectivity index (χ3n) is 4.99. The summed E-state index contributed by atoms with van der Waals surface area (Å²) in [5, 5.41) is 12.0. The maximum absolute atomic E-state index is 12.5. The van der Waals surface area contributed by atoms with Crippen LogP contribution in [-0.4, -0.2) is 29.8 Å². The molecule has 3 rings (SSSR count). The van der Waals surface area contributed by atoms with Crippen LogP contribution in [0.15, 0.2) is 54.6 Å². The SMILES string of the molecule is N#Cc1ccccc1NC(=O)C1CCN(C(=O)CCc2ccccc2)CC1. The standard InChI is InChI=1S/C22H23N3O2/c23-16-19-8-4-5-9-20(19)24-22(27)18-12-14-25(15-13-18)21(26)11-10-17-6-2-1-3-7-17/h1-9,18H,10-15H2,(H,24,27). The third-order valence-corrected chi connectivity index (χ3v) is 4.99. The number of benzene rings is 2. The van der Waals surface area contributed by atoms with Crippen molar-refractivity contribution in [3.63, 3.8) is 0 Å². The molecule has 1 aliphatic rings. The number of nitriles is 1. The lowest BCUT2D eigenvalue weighted by Gasteiger charge is -2.31. The van der Waals surface area contributed by atoms with E-state index in [0.717, 1.165) is 12.0 Å². The van der Waals surface area contributed by atoms with Crippen molar-refractivity contribution < 1.29 is 9.59 Å². The lowest BCUT2D eigenvalue weighted by molar-refractivity contribution is -0.134. The number of aryl methyl sites for hydroxylation is 1. The number of carbonyl (C=O) groups excluding carboxylic acids is 2. The average molecular weight is 361 g/mol. The molecule has 0 spiro atoms. The van der Waals surface area contributed by atoms with E-state index in [-0.39, 0.29) is 17.7 Å². The van der Waals surface area contributed by atoms with E-state index in [9.17, 15) is 9.59 Å². The Bertz CT molecular complexity index is 834. The Kier molecular flexibility index (Phi) is 6.22. The van der Waals surface area contributed by atoms with Crippen LogP contribution in [0, 0.1) is 17.2 Å². The fourth-order valence-electron chi connectivity index (χ4n) is 3.37. The summed E-state index contributed by atoms with van der Waals surface area (Å²) in [5.41, 5.74) is 2.17. The van der Waals surface area contributed by atoms with Gasteiger partial charge < -0.3 is 10.2 Å². The van der Waals surface area contributed by atoms with Gasteiger partial charge in [-0.2, -0.15) is 5.26 Å². The maximum atomic E-state index is 12.5. The fourth-order valence-corrected chi connectivity index (χ4v) is 3.37. The number of carbonyl (C=O) groups is 2. The van der Waals surface area contributed by atoms with E-state index in [0.29, 0.717) is 43.6 Å². The molecule has 0 saturated carbocycles. The monoisotopic (exact) mass is 361 g/mol. The van der Waals surface area contributed by atoms with Gasteiger partial charge in [-0.3, -0.25) is 9.59 Å². The first-order valence-corrected chi connectivity index (χ1v) is 9.29. The number of likely N-dealkylation sites (tertiary alicyclic amines) is 1. The maximum Gasteiger partial charge on any atom is 0.227 e. The van der Waals surface area contributed by atoms with Gasteiger partial charge in [0.05, 0.1) is 11.3 Å². The van der Waals surface area contributed by atoms with Gasteiger partial charge in [-0.05, 0) is 37.0 Å². The highest BCUT2D eigenvalue weighted by Gasteiger charge is 2.27. The molecule has 138 valence electrons. The summed E-state index contributed by atoms with van der Waals surface area (Å²) in [4.78, 5) is 26.8. The van der Waals surface area contributed by atoms with Crippen molar-refractivity contribution >= 4 is 17.5 Å². The number of nitrogens with zero attached hydrogens (tertiary/aromatic N) is 2. The number of anilines is 1. The van der Waals surface area contributed by atoms with Crippen LogP contribution in [0.1, 0.15) is 30.4 Å². The zero-order valence-electron chi connectivity index (χ0n) is 15.2. The molecule has 0 bridgehead atoms. The van der Waals surface area contributed by atoms with Gasteiger partial charge in [0.2, 0.25) is 11.8 Å². The van der Waals surface area contributed by atoms with Gasteiger partial charge >= 0.3 is 0 Å². The van der Waals surface area contributed by atoms with Crippen LogP contribution in [0.4, 0.5) is 5.69 Å². The van der Waals surface area contributed by atoms with Gasteiger partial charge in [0, 0.05) is 25.4 Å². The molecule has 0 radical (unpaired) electrons. The van der Waals surface area contributed by atoms with Gasteiger partial charge in [-0.15, -0.1) is 0 Å². The highest BCUT2D eigenvalue weighted by Crippen LogP contribution is 2.22. The highest BCUT2D eigenvalue weighted by atomic mass is 16.2. The van der Waals surface area contributed by atoms with Crippen molar-refractivity contribution in [2.75, 3.05) is 18.4 Å². The van der Waals surface area contributed by atoms with Crippen molar-refractivity contribution in [3.05, 3.63) is 65.7 Å². The molecule has 1 heterocycles. The topological polar surface area (TPSA) is 73.2 Å². The largest absolute Gasteiger partial charge is 0.343 e. The van der Waals surface area contributed by atoms with Crippen LogP contribution in [0.5, 0.6) is 0 Å². The van der Waals surface area contributed by atoms with E-state index in [4.69, 9.17) is 5.26 Å². The third kappa shape index (κ3) is 4.95. The molecule has 2 aromatic carbocycles. The van der Waals surface area contributed by atoms with Gasteiger partial charge in [0.15, 0.2) is 0 Å². The summed E-state index contributed by atoms with van der Waals surface area (Å²) in [5.74, 6) is -0.0588. The summed E-state index contributed by atoms with van der Waals surface area (Å²) in [6, 6.07) is 19.1. The Morgan fingerprint density at radius 3 is 2.41 bits per heavy atom. The Balaban J connectivity index is 1.47. The molecule has 2 aromatic rings. The fraction of sp³-hybridized carbons (Fsp3) is 0.318. The summed E-state index contributed by atoms with van der Waals surface area (Å²) in [6.07, 6.45) is 2.54. The predicted octanol–water partition coefficient (Wildman–Crippen LogP) is 3.37. The molecular formula is C22H23N3O2. The first-order chi connectivity index (χ1) is 13.2. The van der Waals surface area contributed by atoms with Crippen LogP contribution in [-0.2, 0) is 16.0 Å². The van der Waals surface area contributed by atoms with Crippen molar-refractivity contribution in [2.45, 2.75) is 25.7 Å². The first kappa shape index (κ1) is 18.7. The summed E-state index contributed by atoms with van der Waals surface area (Å²) in [7, 11) is 0. The number of amides is 2. The second-order valence-corrected chi connectivity index (χ2v) is 6.79. The van der Waals surface area contributed by atoms with Crippen LogP contribution in [0.3, 0.4) is 0 Å². The normalized spacial score (nSPS) is 14.4. The summed E-state index contributed by atoms with van der Waals surface area (Å²) >= 11 is 0. The molecule has 2 amide bonds. The van der Waals surface area contributed by atoms with E-state index in [1.165, 1.54) is 0 Å². The number of rotatable bonds is 5. The Hall–Kier alpha value is -3.13. The van der Waals surface area contributed by atoms with Gasteiger partial charge in [-0.1, -0.05) is 42.5 Å². The molecule has 27 heavy (non-hydrogen) atoms. The molecule has 1 saturated heterocycles. The highest BCUT2D eigenvalue weighted by molar-refractivity contribution is 5.94. The minimum atomic E-state index is -0.130. The van der Waals surface area contributed by atoms with Crippen molar-refractivity contribution in [2.24, 2.45) is 5.92 Å². The zero-order chi connectivity index (χ0) is 19.1. The minimum absolute atomic E-state index is 0.0749. The van der Waals surface area contributed by atoms with E-state index >= 15 is 0 Å². The second kappa shape index (κ2) is 9.00. The summed E-state index contributed by atoms with van der Waals surface area (Å²) in [6.45, 7) is 1.21. The van der Waals surface area contributed by atoms with E-state index in [2.05, 4.69) is 11.4 Å². The number of para-hydroxylation sites is 1. The van der Waals surface area contributed by atoms with Gasteiger partial charge in [0.1, 0.15) is 6.07 Å². The van der Waals surface area contributed by atoms with Crippen LogP contribution < -0.4 is 5.32 Å². The number of hydrogen-bond acceptors (Lipinski definition) is 3. The Morgan fingerprint density at radius 1 is 1.04 bits per heavy atom. The van der Waals surface area contributed by atoms with Crippen LogP contribution in [0.25, 0.3) is 0 Å². The molecule has 1 aliphatic heterocycles. The van der Waals surface area contributed by atoms with Gasteiger partial charge in [-0.25, -0.2) is 0 Å². The number of piperidine rings is 1. The average Bonchev–Trinajstić information content (AvgIpc) is 2.73. The zero-order valence-corrected chi connectivity index (χ0v) is 15.2.